The molecule has 1 aliphatic rings. The van der Waals surface area contributed by atoms with E-state index in [1.165, 1.54) is 0 Å². The number of benzene rings is 1. The van der Waals surface area contributed by atoms with Gasteiger partial charge in [0, 0.05) is 25.7 Å². The van der Waals surface area contributed by atoms with E-state index in [9.17, 15) is 4.79 Å². The molecule has 0 saturated carbocycles. The van der Waals surface area contributed by atoms with Crippen molar-refractivity contribution in [2.75, 3.05) is 22.9 Å². The molecule has 0 aliphatic carbocycles. The summed E-state index contributed by atoms with van der Waals surface area (Å²) in [6.07, 6.45) is 2.79. The Morgan fingerprint density at radius 1 is 1.50 bits per heavy atom. The van der Waals surface area contributed by atoms with Crippen molar-refractivity contribution in [1.29, 1.82) is 0 Å². The van der Waals surface area contributed by atoms with Gasteiger partial charge in [0.05, 0.1) is 17.8 Å². The number of nitrogens with zero attached hydrogens (tertiary/aromatic N) is 3. The number of rotatable bonds is 4. The van der Waals surface area contributed by atoms with Crippen LogP contribution in [0.5, 0.6) is 0 Å². The lowest BCUT2D eigenvalue weighted by Gasteiger charge is -2.10. The fourth-order valence-electron chi connectivity index (χ4n) is 2.25. The number of carbonyl (C=O) groups excluding carboxylic acids is 1. The zero-order valence-corrected chi connectivity index (χ0v) is 11.2. The van der Waals surface area contributed by atoms with Gasteiger partial charge in [0.25, 0.3) is 0 Å². The van der Waals surface area contributed by atoms with Crippen LogP contribution in [-0.4, -0.2) is 27.2 Å². The summed E-state index contributed by atoms with van der Waals surface area (Å²) in [5.74, 6) is 0.794. The molecule has 0 atom stereocenters. The number of hydrogen-bond donors (Lipinski definition) is 3. The number of hydrogen-bond acceptors (Lipinski definition) is 5. The highest BCUT2D eigenvalue weighted by Gasteiger charge is 2.19. The first-order valence-corrected chi connectivity index (χ1v) is 6.42. The van der Waals surface area contributed by atoms with Gasteiger partial charge in [-0.1, -0.05) is 0 Å². The van der Waals surface area contributed by atoms with Crippen molar-refractivity contribution < 1.29 is 4.79 Å². The summed E-state index contributed by atoms with van der Waals surface area (Å²) in [5, 5.41) is 10.3. The summed E-state index contributed by atoms with van der Waals surface area (Å²) < 4.78 is 1.68. The second kappa shape index (κ2) is 4.84. The average molecular weight is 272 g/mol. The van der Waals surface area contributed by atoms with Crippen LogP contribution in [-0.2, 0) is 24.7 Å². The summed E-state index contributed by atoms with van der Waals surface area (Å²) in [6, 6.07) is 3.72. The molecule has 1 aliphatic heterocycles. The first-order valence-electron chi connectivity index (χ1n) is 6.42. The third kappa shape index (κ3) is 2.42. The molecule has 0 unspecified atom stereocenters. The standard InChI is InChI=1S/C13H16N6O/c1-19-7-16-12(18-19)2-3-15-11-6-10-8(4-9(11)14)5-13(20)17-10/h4,6-7,15H,2-3,5,14H2,1H3,(H,17,20). The molecule has 104 valence electrons. The van der Waals surface area contributed by atoms with Gasteiger partial charge in [-0.2, -0.15) is 5.10 Å². The Kier molecular flexibility index (Phi) is 3.02. The molecule has 1 amide bonds. The molecule has 0 radical (unpaired) electrons. The molecular weight excluding hydrogens is 256 g/mol. The van der Waals surface area contributed by atoms with Gasteiger partial charge in [0.1, 0.15) is 6.33 Å². The third-order valence-electron chi connectivity index (χ3n) is 3.21. The number of aromatic nitrogens is 3. The molecule has 2 heterocycles. The molecule has 7 heteroatoms. The molecule has 0 saturated heterocycles. The van der Waals surface area contributed by atoms with Gasteiger partial charge < -0.3 is 16.4 Å². The molecule has 0 bridgehead atoms. The molecule has 0 fully saturated rings. The summed E-state index contributed by atoms with van der Waals surface area (Å²) in [6.45, 7) is 0.681. The average Bonchev–Trinajstić information content (AvgIpc) is 2.95. The highest BCUT2D eigenvalue weighted by molar-refractivity contribution is 6.00. The van der Waals surface area contributed by atoms with Crippen molar-refractivity contribution in [3.8, 4) is 0 Å². The van der Waals surface area contributed by atoms with Gasteiger partial charge in [-0.3, -0.25) is 9.48 Å². The number of nitrogen functional groups attached to an aromatic ring is 1. The first-order chi connectivity index (χ1) is 9.61. The quantitative estimate of drug-likeness (QED) is 0.706. The second-order valence-corrected chi connectivity index (χ2v) is 4.83. The monoisotopic (exact) mass is 272 g/mol. The molecule has 0 spiro atoms. The first kappa shape index (κ1) is 12.5. The number of anilines is 3. The van der Waals surface area contributed by atoms with Crippen LogP contribution in [0.25, 0.3) is 0 Å². The minimum absolute atomic E-state index is 0.00855. The zero-order chi connectivity index (χ0) is 14.1. The lowest BCUT2D eigenvalue weighted by molar-refractivity contribution is -0.115. The van der Waals surface area contributed by atoms with Crippen LogP contribution in [0.15, 0.2) is 18.5 Å². The Morgan fingerprint density at radius 3 is 3.10 bits per heavy atom. The van der Waals surface area contributed by atoms with Crippen molar-refractivity contribution in [3.05, 3.63) is 29.8 Å². The Balaban J connectivity index is 1.66. The number of amides is 1. The smallest absolute Gasteiger partial charge is 0.228 e. The maximum Gasteiger partial charge on any atom is 0.228 e. The number of carbonyl (C=O) groups is 1. The Morgan fingerprint density at radius 2 is 2.35 bits per heavy atom. The molecule has 1 aromatic carbocycles. The van der Waals surface area contributed by atoms with Crippen molar-refractivity contribution in [3.63, 3.8) is 0 Å². The fraction of sp³-hybridized carbons (Fsp3) is 0.308. The van der Waals surface area contributed by atoms with E-state index in [0.717, 1.165) is 22.8 Å². The van der Waals surface area contributed by atoms with Crippen molar-refractivity contribution >= 4 is 23.0 Å². The number of aryl methyl sites for hydroxylation is 1. The van der Waals surface area contributed by atoms with E-state index >= 15 is 0 Å². The lowest BCUT2D eigenvalue weighted by Crippen LogP contribution is -2.08. The second-order valence-electron chi connectivity index (χ2n) is 4.83. The van der Waals surface area contributed by atoms with Crippen LogP contribution < -0.4 is 16.4 Å². The highest BCUT2D eigenvalue weighted by Crippen LogP contribution is 2.31. The number of fused-ring (bicyclic) bond motifs is 1. The highest BCUT2D eigenvalue weighted by atomic mass is 16.1. The van der Waals surface area contributed by atoms with E-state index in [4.69, 9.17) is 5.73 Å². The predicted molar refractivity (Wildman–Crippen MR) is 76.4 cm³/mol. The summed E-state index contributed by atoms with van der Waals surface area (Å²) in [7, 11) is 1.84. The van der Waals surface area contributed by atoms with Gasteiger partial charge in [-0.25, -0.2) is 4.98 Å². The van der Waals surface area contributed by atoms with Gasteiger partial charge in [-0.05, 0) is 17.7 Å². The third-order valence-corrected chi connectivity index (χ3v) is 3.21. The van der Waals surface area contributed by atoms with Crippen LogP contribution in [0, 0.1) is 0 Å². The van der Waals surface area contributed by atoms with E-state index in [0.29, 0.717) is 25.1 Å². The van der Waals surface area contributed by atoms with Crippen LogP contribution in [0.3, 0.4) is 0 Å². The lowest BCUT2D eigenvalue weighted by atomic mass is 10.1. The topological polar surface area (TPSA) is 97.9 Å². The van der Waals surface area contributed by atoms with Gasteiger partial charge in [0.15, 0.2) is 5.82 Å². The van der Waals surface area contributed by atoms with Crippen LogP contribution in [0.2, 0.25) is 0 Å². The van der Waals surface area contributed by atoms with E-state index in [1.54, 1.807) is 11.0 Å². The molecule has 3 rings (SSSR count). The molecule has 2 aromatic rings. The normalized spacial score (nSPS) is 13.2. The minimum atomic E-state index is 0.00855. The zero-order valence-electron chi connectivity index (χ0n) is 11.2. The van der Waals surface area contributed by atoms with Crippen molar-refractivity contribution in [2.45, 2.75) is 12.8 Å². The Bertz CT molecular complexity index is 663. The maximum absolute atomic E-state index is 11.3. The number of nitrogens with one attached hydrogen (secondary N) is 2. The van der Waals surface area contributed by atoms with E-state index < -0.39 is 0 Å². The van der Waals surface area contributed by atoms with Crippen LogP contribution >= 0.6 is 0 Å². The van der Waals surface area contributed by atoms with Gasteiger partial charge >= 0.3 is 0 Å². The molecule has 7 nitrogen and oxygen atoms in total. The number of nitrogens with two attached hydrogens (primary N) is 1. The fourth-order valence-corrected chi connectivity index (χ4v) is 2.25. The van der Waals surface area contributed by atoms with Gasteiger partial charge in [-0.15, -0.1) is 0 Å². The van der Waals surface area contributed by atoms with E-state index in [-0.39, 0.29) is 5.91 Å². The molecule has 20 heavy (non-hydrogen) atoms. The molecule has 4 N–H and O–H groups in total. The Hall–Kier alpha value is -2.57. The molecular formula is C13H16N6O. The van der Waals surface area contributed by atoms with Crippen molar-refractivity contribution in [1.82, 2.24) is 14.8 Å². The van der Waals surface area contributed by atoms with Crippen molar-refractivity contribution in [2.24, 2.45) is 7.05 Å². The maximum atomic E-state index is 11.3. The minimum Gasteiger partial charge on any atom is -0.397 e. The van der Waals surface area contributed by atoms with Gasteiger partial charge in [0.2, 0.25) is 5.91 Å². The largest absolute Gasteiger partial charge is 0.397 e. The Labute approximate surface area is 116 Å². The summed E-state index contributed by atoms with van der Waals surface area (Å²) in [4.78, 5) is 15.5. The van der Waals surface area contributed by atoms with Crippen LogP contribution in [0.1, 0.15) is 11.4 Å². The SMILES string of the molecule is Cn1cnc(CCNc2cc3c(cc2N)CC(=O)N3)n1. The summed E-state index contributed by atoms with van der Waals surface area (Å²) in [5.41, 5.74) is 9.24. The summed E-state index contributed by atoms with van der Waals surface area (Å²) >= 11 is 0. The molecule has 1 aromatic heterocycles. The van der Waals surface area contributed by atoms with E-state index in [2.05, 4.69) is 20.7 Å². The predicted octanol–water partition coefficient (Wildman–Crippen LogP) is 0.546. The van der Waals surface area contributed by atoms with E-state index in [1.807, 2.05) is 19.2 Å². The van der Waals surface area contributed by atoms with Crippen LogP contribution in [0.4, 0.5) is 17.1 Å².